The zero-order valence-electron chi connectivity index (χ0n) is 11.6. The number of rotatable bonds is 5. The molecule has 1 unspecified atom stereocenters. The summed E-state index contributed by atoms with van der Waals surface area (Å²) < 4.78 is 14.0. The first-order valence-electron chi connectivity index (χ1n) is 6.74. The van der Waals surface area contributed by atoms with Gasteiger partial charge in [-0.05, 0) is 30.0 Å². The molecule has 1 aromatic carbocycles. The number of halogens is 1. The number of hydrogen-bond acceptors (Lipinski definition) is 3. The standard InChI is InChI=1S/C15H16FNO4/c1-8(5-15(20)21)4-13(18)10-6-9-2-3-14(19)17-12(9)7-11(10)16/h6-8H,2-5H2,1H3,(H,17,19)(H,20,21). The molecule has 0 bridgehead atoms. The first kappa shape index (κ1) is 15.2. The van der Waals surface area contributed by atoms with Gasteiger partial charge in [0.2, 0.25) is 5.91 Å². The zero-order chi connectivity index (χ0) is 15.6. The lowest BCUT2D eigenvalue weighted by atomic mass is 9.93. The minimum absolute atomic E-state index is 0.0195. The molecular weight excluding hydrogens is 277 g/mol. The molecular formula is C15H16FNO4. The van der Waals surface area contributed by atoms with Crippen molar-refractivity contribution in [3.8, 4) is 0 Å². The number of amides is 1. The van der Waals surface area contributed by atoms with Crippen LogP contribution in [-0.2, 0) is 16.0 Å². The summed E-state index contributed by atoms with van der Waals surface area (Å²) in [5.74, 6) is -2.62. The van der Waals surface area contributed by atoms with Crippen LogP contribution in [0.15, 0.2) is 12.1 Å². The fourth-order valence-corrected chi connectivity index (χ4v) is 2.41. The van der Waals surface area contributed by atoms with Crippen molar-refractivity contribution in [1.82, 2.24) is 0 Å². The van der Waals surface area contributed by atoms with Gasteiger partial charge in [-0.2, -0.15) is 0 Å². The number of ketones is 1. The maximum Gasteiger partial charge on any atom is 0.303 e. The number of Topliss-reactive ketones (excluding diaryl/α,β-unsaturated/α-hetero) is 1. The van der Waals surface area contributed by atoms with Crippen molar-refractivity contribution in [3.63, 3.8) is 0 Å². The third-order valence-corrected chi connectivity index (χ3v) is 3.45. The summed E-state index contributed by atoms with van der Waals surface area (Å²) in [6.07, 6.45) is 0.622. The number of hydrogen-bond donors (Lipinski definition) is 2. The Morgan fingerprint density at radius 3 is 2.71 bits per heavy atom. The van der Waals surface area contributed by atoms with E-state index >= 15 is 0 Å². The van der Waals surface area contributed by atoms with E-state index in [0.717, 1.165) is 11.6 Å². The molecule has 5 nitrogen and oxygen atoms in total. The molecule has 1 aliphatic rings. The normalized spacial score (nSPS) is 15.0. The molecule has 0 aliphatic carbocycles. The average Bonchev–Trinajstić information content (AvgIpc) is 2.36. The number of anilines is 1. The molecule has 0 fully saturated rings. The van der Waals surface area contributed by atoms with Crippen LogP contribution >= 0.6 is 0 Å². The molecule has 0 spiro atoms. The summed E-state index contributed by atoms with van der Waals surface area (Å²) in [6.45, 7) is 1.64. The molecule has 1 heterocycles. The highest BCUT2D eigenvalue weighted by Gasteiger charge is 2.22. The smallest absolute Gasteiger partial charge is 0.303 e. The van der Waals surface area contributed by atoms with Crippen molar-refractivity contribution in [2.75, 3.05) is 5.32 Å². The van der Waals surface area contributed by atoms with Crippen LogP contribution in [0.25, 0.3) is 0 Å². The monoisotopic (exact) mass is 293 g/mol. The van der Waals surface area contributed by atoms with Crippen LogP contribution in [0.3, 0.4) is 0 Å². The molecule has 2 rings (SSSR count). The van der Waals surface area contributed by atoms with Gasteiger partial charge in [-0.3, -0.25) is 14.4 Å². The second kappa shape index (κ2) is 6.03. The zero-order valence-corrected chi connectivity index (χ0v) is 11.6. The fourth-order valence-electron chi connectivity index (χ4n) is 2.41. The van der Waals surface area contributed by atoms with Crippen molar-refractivity contribution in [1.29, 1.82) is 0 Å². The van der Waals surface area contributed by atoms with Crippen molar-refractivity contribution in [2.24, 2.45) is 5.92 Å². The highest BCUT2D eigenvalue weighted by Crippen LogP contribution is 2.27. The molecule has 0 aromatic heterocycles. The molecule has 0 saturated carbocycles. The largest absolute Gasteiger partial charge is 0.481 e. The summed E-state index contributed by atoms with van der Waals surface area (Å²) in [5, 5.41) is 11.2. The summed E-state index contributed by atoms with van der Waals surface area (Å²) >= 11 is 0. The summed E-state index contributed by atoms with van der Waals surface area (Å²) in [5.41, 5.74) is 1.09. The van der Waals surface area contributed by atoms with E-state index in [1.54, 1.807) is 6.92 Å². The second-order valence-electron chi connectivity index (χ2n) is 5.37. The number of fused-ring (bicyclic) bond motifs is 1. The van der Waals surface area contributed by atoms with Crippen LogP contribution in [0.5, 0.6) is 0 Å². The predicted octanol–water partition coefficient (Wildman–Crippen LogP) is 2.39. The van der Waals surface area contributed by atoms with Gasteiger partial charge in [-0.1, -0.05) is 6.92 Å². The Morgan fingerprint density at radius 1 is 1.33 bits per heavy atom. The molecule has 2 N–H and O–H groups in total. The first-order valence-corrected chi connectivity index (χ1v) is 6.74. The van der Waals surface area contributed by atoms with Gasteiger partial charge < -0.3 is 10.4 Å². The van der Waals surface area contributed by atoms with Crippen molar-refractivity contribution in [3.05, 3.63) is 29.1 Å². The molecule has 0 saturated heterocycles. The lowest BCUT2D eigenvalue weighted by Crippen LogP contribution is -2.20. The van der Waals surface area contributed by atoms with Gasteiger partial charge in [-0.25, -0.2) is 4.39 Å². The van der Waals surface area contributed by atoms with E-state index in [-0.39, 0.29) is 30.2 Å². The Bertz CT molecular complexity index is 612. The van der Waals surface area contributed by atoms with E-state index in [0.29, 0.717) is 18.5 Å². The number of carbonyl (C=O) groups excluding carboxylic acids is 2. The minimum atomic E-state index is -0.982. The van der Waals surface area contributed by atoms with Gasteiger partial charge >= 0.3 is 5.97 Å². The number of carbonyl (C=O) groups is 3. The van der Waals surface area contributed by atoms with Gasteiger partial charge in [0.05, 0.1) is 5.56 Å². The van der Waals surface area contributed by atoms with Crippen LogP contribution < -0.4 is 5.32 Å². The van der Waals surface area contributed by atoms with Crippen LogP contribution in [0.4, 0.5) is 10.1 Å². The predicted molar refractivity (Wildman–Crippen MR) is 73.7 cm³/mol. The molecule has 1 amide bonds. The number of carboxylic acids is 1. The summed E-state index contributed by atoms with van der Waals surface area (Å²) in [4.78, 5) is 33.9. The SMILES string of the molecule is CC(CC(=O)O)CC(=O)c1cc2c(cc1F)NC(=O)CC2. The van der Waals surface area contributed by atoms with Crippen LogP contribution in [0, 0.1) is 11.7 Å². The van der Waals surface area contributed by atoms with Crippen LogP contribution in [0.2, 0.25) is 0 Å². The van der Waals surface area contributed by atoms with E-state index in [1.807, 2.05) is 0 Å². The van der Waals surface area contributed by atoms with Crippen molar-refractivity contribution < 1.29 is 23.9 Å². The minimum Gasteiger partial charge on any atom is -0.481 e. The molecule has 112 valence electrons. The number of aliphatic carboxylic acids is 1. The Morgan fingerprint density at radius 2 is 2.05 bits per heavy atom. The third kappa shape index (κ3) is 3.65. The Hall–Kier alpha value is -2.24. The van der Waals surface area contributed by atoms with E-state index in [1.165, 1.54) is 6.07 Å². The molecule has 21 heavy (non-hydrogen) atoms. The number of nitrogens with one attached hydrogen (secondary N) is 1. The van der Waals surface area contributed by atoms with Gasteiger partial charge in [0.25, 0.3) is 0 Å². The van der Waals surface area contributed by atoms with Crippen molar-refractivity contribution in [2.45, 2.75) is 32.6 Å². The lowest BCUT2D eigenvalue weighted by Gasteiger charge is -2.18. The Labute approximate surface area is 121 Å². The van der Waals surface area contributed by atoms with E-state index in [4.69, 9.17) is 5.11 Å². The van der Waals surface area contributed by atoms with Crippen LogP contribution in [-0.4, -0.2) is 22.8 Å². The molecule has 0 radical (unpaired) electrons. The number of carboxylic acid groups (broad SMARTS) is 1. The maximum absolute atomic E-state index is 14.0. The highest BCUT2D eigenvalue weighted by atomic mass is 19.1. The fraction of sp³-hybridized carbons (Fsp3) is 0.400. The Kier molecular flexibility index (Phi) is 4.35. The van der Waals surface area contributed by atoms with Gasteiger partial charge in [0.1, 0.15) is 5.82 Å². The molecule has 1 aromatic rings. The van der Waals surface area contributed by atoms with Crippen molar-refractivity contribution >= 4 is 23.3 Å². The van der Waals surface area contributed by atoms with Gasteiger partial charge in [-0.15, -0.1) is 0 Å². The number of aryl methyl sites for hydroxylation is 1. The maximum atomic E-state index is 14.0. The Balaban J connectivity index is 2.18. The molecule has 1 atom stereocenters. The summed E-state index contributed by atoms with van der Waals surface area (Å²) in [7, 11) is 0. The van der Waals surface area contributed by atoms with E-state index in [2.05, 4.69) is 5.32 Å². The lowest BCUT2D eigenvalue weighted by molar-refractivity contribution is -0.137. The highest BCUT2D eigenvalue weighted by molar-refractivity contribution is 5.99. The van der Waals surface area contributed by atoms with Gasteiger partial charge in [0.15, 0.2) is 5.78 Å². The second-order valence-corrected chi connectivity index (χ2v) is 5.37. The van der Waals surface area contributed by atoms with E-state index in [9.17, 15) is 18.8 Å². The number of benzene rings is 1. The first-order chi connectivity index (χ1) is 9.86. The van der Waals surface area contributed by atoms with E-state index < -0.39 is 17.6 Å². The summed E-state index contributed by atoms with van der Waals surface area (Å²) in [6, 6.07) is 2.61. The molecule has 1 aliphatic heterocycles. The third-order valence-electron chi connectivity index (χ3n) is 3.45. The quantitative estimate of drug-likeness (QED) is 0.816. The molecule has 6 heteroatoms. The van der Waals surface area contributed by atoms with Crippen LogP contribution in [0.1, 0.15) is 42.1 Å². The average molecular weight is 293 g/mol. The topological polar surface area (TPSA) is 83.5 Å². The van der Waals surface area contributed by atoms with Gasteiger partial charge in [0, 0.05) is 24.9 Å².